The van der Waals surface area contributed by atoms with E-state index >= 15 is 0 Å². The lowest BCUT2D eigenvalue weighted by Crippen LogP contribution is -2.48. The van der Waals surface area contributed by atoms with E-state index in [-0.39, 0.29) is 0 Å². The summed E-state index contributed by atoms with van der Waals surface area (Å²) in [5.41, 5.74) is 0. The Labute approximate surface area is 144 Å². The summed E-state index contributed by atoms with van der Waals surface area (Å²) in [5.74, 6) is 2.43. The molecule has 134 valence electrons. The minimum atomic E-state index is 0.321. The normalized spacial score (nSPS) is 19.0. The van der Waals surface area contributed by atoms with Crippen molar-refractivity contribution in [2.45, 2.75) is 70.8 Å². The van der Waals surface area contributed by atoms with Gasteiger partial charge in [0.05, 0.1) is 6.54 Å². The summed E-state index contributed by atoms with van der Waals surface area (Å²) >= 11 is 0. The number of unbranched alkanes of at least 4 members (excludes halogenated alkanes) is 4. The molecule has 0 aromatic carbocycles. The van der Waals surface area contributed by atoms with E-state index in [2.05, 4.69) is 22.0 Å². The summed E-state index contributed by atoms with van der Waals surface area (Å²) in [6, 6.07) is 0. The Morgan fingerprint density at radius 3 is 2.58 bits per heavy atom. The minimum absolute atomic E-state index is 0.321. The molecule has 0 spiro atoms. The van der Waals surface area contributed by atoms with Crippen LogP contribution in [-0.2, 0) is 11.3 Å². The van der Waals surface area contributed by atoms with Crippen molar-refractivity contribution in [3.05, 3.63) is 11.7 Å². The van der Waals surface area contributed by atoms with Crippen LogP contribution in [0.25, 0.3) is 0 Å². The van der Waals surface area contributed by atoms with Gasteiger partial charge in [0.25, 0.3) is 0 Å². The highest BCUT2D eigenvalue weighted by atomic mass is 16.5. The van der Waals surface area contributed by atoms with Gasteiger partial charge in [-0.1, -0.05) is 37.8 Å². The monoisotopic (exact) mass is 334 g/mol. The molecule has 6 nitrogen and oxygen atoms in total. The highest BCUT2D eigenvalue weighted by Crippen LogP contribution is 2.38. The first-order valence-corrected chi connectivity index (χ1v) is 9.59. The fourth-order valence-electron chi connectivity index (χ4n) is 3.22. The standard InChI is InChI=1S/C18H30N4O2/c1-2-3-4-5-6-7-17(23)22-12-10-21(11-13-22)14-16-19-18(24-20-16)15-8-9-15/h15H,2-14H2,1H3. The zero-order chi connectivity index (χ0) is 16.8. The maximum Gasteiger partial charge on any atom is 0.229 e. The Morgan fingerprint density at radius 2 is 1.88 bits per heavy atom. The largest absolute Gasteiger partial charge is 0.340 e. The van der Waals surface area contributed by atoms with Crippen LogP contribution in [0.4, 0.5) is 0 Å². The van der Waals surface area contributed by atoms with Crippen molar-refractivity contribution in [2.24, 2.45) is 0 Å². The molecule has 0 N–H and O–H groups in total. The topological polar surface area (TPSA) is 62.5 Å². The minimum Gasteiger partial charge on any atom is -0.340 e. The maximum atomic E-state index is 12.2. The first-order valence-electron chi connectivity index (χ1n) is 9.59. The van der Waals surface area contributed by atoms with Crippen LogP contribution < -0.4 is 0 Å². The second kappa shape index (κ2) is 8.60. The van der Waals surface area contributed by atoms with E-state index in [1.807, 2.05) is 4.90 Å². The summed E-state index contributed by atoms with van der Waals surface area (Å²) in [6.45, 7) is 6.38. The van der Waals surface area contributed by atoms with E-state index < -0.39 is 0 Å². The predicted molar refractivity (Wildman–Crippen MR) is 91.5 cm³/mol. The fraction of sp³-hybridized carbons (Fsp3) is 0.833. The van der Waals surface area contributed by atoms with E-state index in [1.54, 1.807) is 0 Å². The van der Waals surface area contributed by atoms with Gasteiger partial charge in [-0.15, -0.1) is 0 Å². The van der Waals surface area contributed by atoms with Crippen LogP contribution in [-0.4, -0.2) is 52.0 Å². The molecule has 1 aliphatic heterocycles. The Hall–Kier alpha value is -1.43. The molecule has 1 aromatic heterocycles. The van der Waals surface area contributed by atoms with E-state index in [0.29, 0.717) is 18.2 Å². The highest BCUT2D eigenvalue weighted by Gasteiger charge is 2.30. The molecular weight excluding hydrogens is 304 g/mol. The molecule has 1 aliphatic carbocycles. The molecule has 2 aliphatic rings. The van der Waals surface area contributed by atoms with E-state index in [1.165, 1.54) is 38.5 Å². The molecule has 2 heterocycles. The molecule has 1 saturated heterocycles. The molecule has 0 radical (unpaired) electrons. The quantitative estimate of drug-likeness (QED) is 0.650. The van der Waals surface area contributed by atoms with Crippen LogP contribution in [0.2, 0.25) is 0 Å². The number of hydrogen-bond acceptors (Lipinski definition) is 5. The van der Waals surface area contributed by atoms with Gasteiger partial charge in [-0.3, -0.25) is 9.69 Å². The Balaban J connectivity index is 1.33. The molecule has 24 heavy (non-hydrogen) atoms. The molecule has 6 heteroatoms. The number of amides is 1. The maximum absolute atomic E-state index is 12.2. The van der Waals surface area contributed by atoms with Crippen molar-refractivity contribution in [2.75, 3.05) is 26.2 Å². The van der Waals surface area contributed by atoms with Crippen LogP contribution in [0.3, 0.4) is 0 Å². The SMILES string of the molecule is CCCCCCCC(=O)N1CCN(Cc2noc(C3CC3)n2)CC1. The lowest BCUT2D eigenvalue weighted by Gasteiger charge is -2.34. The van der Waals surface area contributed by atoms with Gasteiger partial charge in [-0.25, -0.2) is 0 Å². The first-order chi connectivity index (χ1) is 11.8. The second-order valence-electron chi connectivity index (χ2n) is 7.14. The van der Waals surface area contributed by atoms with Gasteiger partial charge in [0, 0.05) is 38.5 Å². The van der Waals surface area contributed by atoms with Gasteiger partial charge in [-0.2, -0.15) is 4.98 Å². The van der Waals surface area contributed by atoms with Crippen molar-refractivity contribution in [3.63, 3.8) is 0 Å². The van der Waals surface area contributed by atoms with E-state index in [0.717, 1.165) is 50.9 Å². The van der Waals surface area contributed by atoms with Gasteiger partial charge < -0.3 is 9.42 Å². The molecule has 1 aromatic rings. The van der Waals surface area contributed by atoms with Crippen molar-refractivity contribution < 1.29 is 9.32 Å². The molecule has 0 atom stereocenters. The molecule has 2 fully saturated rings. The van der Waals surface area contributed by atoms with Gasteiger partial charge in [0.2, 0.25) is 11.8 Å². The number of carbonyl (C=O) groups is 1. The third-order valence-corrected chi connectivity index (χ3v) is 4.99. The van der Waals surface area contributed by atoms with E-state index in [4.69, 9.17) is 4.52 Å². The van der Waals surface area contributed by atoms with Crippen LogP contribution in [0.15, 0.2) is 4.52 Å². The zero-order valence-electron chi connectivity index (χ0n) is 14.9. The van der Waals surface area contributed by atoms with Crippen LogP contribution in [0, 0.1) is 0 Å². The van der Waals surface area contributed by atoms with Crippen LogP contribution in [0.1, 0.15) is 75.9 Å². The number of nitrogens with zero attached hydrogens (tertiary/aromatic N) is 4. The van der Waals surface area contributed by atoms with Gasteiger partial charge >= 0.3 is 0 Å². The Kier molecular flexibility index (Phi) is 6.24. The first kappa shape index (κ1) is 17.4. The third kappa shape index (κ3) is 5.03. The highest BCUT2D eigenvalue weighted by molar-refractivity contribution is 5.76. The van der Waals surface area contributed by atoms with Crippen molar-refractivity contribution in [1.29, 1.82) is 0 Å². The zero-order valence-corrected chi connectivity index (χ0v) is 14.9. The smallest absolute Gasteiger partial charge is 0.229 e. The van der Waals surface area contributed by atoms with Gasteiger partial charge in [-0.05, 0) is 19.3 Å². The number of piperazine rings is 1. The predicted octanol–water partition coefficient (Wildman–Crippen LogP) is 2.95. The number of hydrogen-bond donors (Lipinski definition) is 0. The number of aromatic nitrogens is 2. The molecule has 1 amide bonds. The number of rotatable bonds is 9. The molecule has 3 rings (SSSR count). The molecular formula is C18H30N4O2. The summed E-state index contributed by atoms with van der Waals surface area (Å²) in [5, 5.41) is 4.08. The summed E-state index contributed by atoms with van der Waals surface area (Å²) in [6.07, 6.45) is 9.07. The van der Waals surface area contributed by atoms with Crippen molar-refractivity contribution >= 4 is 5.91 Å². The van der Waals surface area contributed by atoms with Gasteiger partial charge in [0.1, 0.15) is 0 Å². The molecule has 0 bridgehead atoms. The summed E-state index contributed by atoms with van der Waals surface area (Å²) in [7, 11) is 0. The molecule has 0 unspecified atom stereocenters. The van der Waals surface area contributed by atoms with E-state index in [9.17, 15) is 4.79 Å². The second-order valence-corrected chi connectivity index (χ2v) is 7.14. The van der Waals surface area contributed by atoms with Crippen LogP contribution >= 0.6 is 0 Å². The Bertz CT molecular complexity index is 519. The molecule has 1 saturated carbocycles. The summed E-state index contributed by atoms with van der Waals surface area (Å²) in [4.78, 5) is 21.1. The Morgan fingerprint density at radius 1 is 1.12 bits per heavy atom. The average molecular weight is 334 g/mol. The fourth-order valence-corrected chi connectivity index (χ4v) is 3.22. The third-order valence-electron chi connectivity index (χ3n) is 4.99. The van der Waals surface area contributed by atoms with Crippen LogP contribution in [0.5, 0.6) is 0 Å². The van der Waals surface area contributed by atoms with Crippen molar-refractivity contribution in [1.82, 2.24) is 19.9 Å². The summed E-state index contributed by atoms with van der Waals surface area (Å²) < 4.78 is 5.31. The van der Waals surface area contributed by atoms with Crippen molar-refractivity contribution in [3.8, 4) is 0 Å². The number of carbonyl (C=O) groups excluding carboxylic acids is 1. The lowest BCUT2D eigenvalue weighted by molar-refractivity contribution is -0.133. The average Bonchev–Trinajstić information content (AvgIpc) is 3.35. The lowest BCUT2D eigenvalue weighted by atomic mass is 10.1. The van der Waals surface area contributed by atoms with Gasteiger partial charge in [0.15, 0.2) is 5.82 Å².